The molecule has 11 nitrogen and oxygen atoms in total. The molecule has 2 aromatic carbocycles. The molecular formula is C40H53N9O2. The van der Waals surface area contributed by atoms with Crippen molar-refractivity contribution >= 4 is 40.3 Å². The van der Waals surface area contributed by atoms with Crippen LogP contribution in [0, 0.1) is 5.41 Å². The van der Waals surface area contributed by atoms with Crippen molar-refractivity contribution in [2.75, 3.05) is 70.0 Å². The summed E-state index contributed by atoms with van der Waals surface area (Å²) in [4.78, 5) is 28.9. The minimum Gasteiger partial charge on any atom is -0.388 e. The van der Waals surface area contributed by atoms with Crippen molar-refractivity contribution in [3.05, 3.63) is 84.2 Å². The van der Waals surface area contributed by atoms with E-state index in [0.29, 0.717) is 18.4 Å². The molecule has 4 heterocycles. The molecule has 51 heavy (non-hydrogen) atoms. The number of rotatable bonds is 13. The predicted octanol–water partition coefficient (Wildman–Crippen LogP) is 7.06. The molecule has 1 fully saturated rings. The van der Waals surface area contributed by atoms with E-state index < -0.39 is 0 Å². The molecule has 0 bridgehead atoms. The Labute approximate surface area is 302 Å². The molecule has 0 amide bonds. The van der Waals surface area contributed by atoms with E-state index in [0.717, 1.165) is 102 Å². The number of fused-ring (bicyclic) bond motifs is 2. The van der Waals surface area contributed by atoms with Crippen LogP contribution in [0.5, 0.6) is 0 Å². The maximum absolute atomic E-state index is 9.68. The number of methoxy groups -OCH3 is 1. The second kappa shape index (κ2) is 17.4. The molecule has 270 valence electrons. The van der Waals surface area contributed by atoms with Crippen molar-refractivity contribution in [2.24, 2.45) is 5.41 Å². The Morgan fingerprint density at radius 1 is 1.08 bits per heavy atom. The number of anilines is 3. The van der Waals surface area contributed by atoms with E-state index in [1.165, 1.54) is 6.08 Å². The lowest BCUT2D eigenvalue weighted by atomic mass is 9.77. The van der Waals surface area contributed by atoms with Gasteiger partial charge in [0.15, 0.2) is 5.65 Å². The maximum Gasteiger partial charge on any atom is 0.230 e. The first-order valence-electron chi connectivity index (χ1n) is 17.9. The number of likely N-dealkylation sites (N-methyl/N-ethyl adjacent to an activating group) is 1. The highest BCUT2D eigenvalue weighted by molar-refractivity contribution is 5.96. The molecule has 0 saturated carbocycles. The van der Waals surface area contributed by atoms with Crippen LogP contribution in [0.3, 0.4) is 0 Å². The Bertz CT molecular complexity index is 1930. The summed E-state index contributed by atoms with van der Waals surface area (Å²) < 4.78 is 7.45. The van der Waals surface area contributed by atoms with Crippen molar-refractivity contribution < 1.29 is 9.53 Å². The molecule has 3 aromatic heterocycles. The molecule has 0 aliphatic carbocycles. The van der Waals surface area contributed by atoms with Crippen molar-refractivity contribution in [3.8, 4) is 11.3 Å². The Morgan fingerprint density at radius 2 is 1.86 bits per heavy atom. The second-order valence-corrected chi connectivity index (χ2v) is 13.8. The number of nitrogens with one attached hydrogen (secondary N) is 2. The quantitative estimate of drug-likeness (QED) is 0.0983. The first kappa shape index (κ1) is 37.4. The second-order valence-electron chi connectivity index (χ2n) is 13.8. The average Bonchev–Trinajstić information content (AvgIpc) is 3.59. The zero-order chi connectivity index (χ0) is 36.4. The smallest absolute Gasteiger partial charge is 0.230 e. The fourth-order valence-corrected chi connectivity index (χ4v) is 6.59. The van der Waals surface area contributed by atoms with Crippen LogP contribution in [0.15, 0.2) is 73.1 Å². The number of ether oxygens (including phenoxy) is 1. The lowest BCUT2D eigenvalue weighted by Crippen LogP contribution is -2.43. The summed E-state index contributed by atoms with van der Waals surface area (Å²) in [6, 6.07) is 16.9. The van der Waals surface area contributed by atoms with Gasteiger partial charge in [0, 0.05) is 68.7 Å². The van der Waals surface area contributed by atoms with Crippen molar-refractivity contribution in [2.45, 2.75) is 52.5 Å². The van der Waals surface area contributed by atoms with Crippen LogP contribution in [0.2, 0.25) is 0 Å². The number of carbonyl (C=O) groups is 1. The summed E-state index contributed by atoms with van der Waals surface area (Å²) in [5.41, 5.74) is 6.48. The van der Waals surface area contributed by atoms with E-state index in [2.05, 4.69) is 84.8 Å². The van der Waals surface area contributed by atoms with E-state index >= 15 is 0 Å². The fraction of sp³-hybridized carbons (Fsp3) is 0.425. The van der Waals surface area contributed by atoms with Crippen LogP contribution in [0.4, 0.5) is 17.6 Å². The molecule has 1 saturated heterocycles. The van der Waals surface area contributed by atoms with Crippen molar-refractivity contribution in [1.82, 2.24) is 29.5 Å². The summed E-state index contributed by atoms with van der Waals surface area (Å²) in [6.07, 6.45) is 11.1. The number of aromatic nitrogens is 5. The minimum atomic E-state index is 0.226. The molecular weight excluding hydrogens is 639 g/mol. The average molecular weight is 692 g/mol. The number of carbonyl (C=O) groups excluding carboxylic acids is 1. The summed E-state index contributed by atoms with van der Waals surface area (Å²) in [6.45, 7) is 10.6. The highest BCUT2D eigenvalue weighted by Gasteiger charge is 2.34. The monoisotopic (exact) mass is 691 g/mol. The normalized spacial score (nSPS) is 14.3. The van der Waals surface area contributed by atoms with E-state index in [4.69, 9.17) is 24.8 Å². The van der Waals surface area contributed by atoms with E-state index in [1.54, 1.807) is 7.11 Å². The first-order chi connectivity index (χ1) is 24.7. The maximum atomic E-state index is 9.68. The molecule has 0 radical (unpaired) electrons. The molecule has 1 aliphatic rings. The van der Waals surface area contributed by atoms with Gasteiger partial charge < -0.3 is 25.2 Å². The van der Waals surface area contributed by atoms with Gasteiger partial charge in [-0.2, -0.15) is 19.6 Å². The van der Waals surface area contributed by atoms with Crippen LogP contribution in [0.25, 0.3) is 27.7 Å². The summed E-state index contributed by atoms with van der Waals surface area (Å²) >= 11 is 0. The molecule has 0 atom stereocenters. The van der Waals surface area contributed by atoms with Gasteiger partial charge in [0.2, 0.25) is 11.9 Å². The van der Waals surface area contributed by atoms with Crippen LogP contribution in [-0.4, -0.2) is 90.2 Å². The summed E-state index contributed by atoms with van der Waals surface area (Å²) in [7, 11) is 7.65. The Kier molecular flexibility index (Phi) is 12.7. The summed E-state index contributed by atoms with van der Waals surface area (Å²) in [5.74, 6) is 1.74. The number of piperidine rings is 1. The van der Waals surface area contributed by atoms with Gasteiger partial charge in [0.25, 0.3) is 0 Å². The number of aldehydes is 1. The lowest BCUT2D eigenvalue weighted by molar-refractivity contribution is -0.104. The van der Waals surface area contributed by atoms with E-state index in [9.17, 15) is 4.79 Å². The van der Waals surface area contributed by atoms with Gasteiger partial charge in [-0.25, -0.2) is 0 Å². The lowest BCUT2D eigenvalue weighted by Gasteiger charge is -2.41. The fourth-order valence-electron chi connectivity index (χ4n) is 6.59. The number of nitrogens with zero attached hydrogens (tertiary/aromatic N) is 7. The predicted molar refractivity (Wildman–Crippen MR) is 209 cm³/mol. The molecule has 0 spiro atoms. The van der Waals surface area contributed by atoms with Gasteiger partial charge in [-0.1, -0.05) is 57.2 Å². The minimum absolute atomic E-state index is 0.226. The third-order valence-corrected chi connectivity index (χ3v) is 9.76. The standard InChI is InChI=1S/C34H42N8O.C6H11NO/c1-6-34(22-43-5)14-17-41(18-15-34)33-39-31-29(23(2)3)21-38-42(31)32(40-33)37-20-25-9-7-8-10-27(25)30-28-12-11-26(35-4)19-24(28)13-16-36-30;1-7(2)5-3-4-6-8/h7-13,16,19,21,23,35H,6,14-15,17-18,20,22H2,1-5H3,(H,37,39,40);3-4,6H,5H2,1-2H3/b;4-3+. The Balaban J connectivity index is 0.000000565. The number of pyridine rings is 1. The van der Waals surface area contributed by atoms with Crippen LogP contribution in [-0.2, 0) is 16.1 Å². The number of hydrogen-bond donors (Lipinski definition) is 2. The zero-order valence-electron chi connectivity index (χ0n) is 31.2. The number of hydrogen-bond acceptors (Lipinski definition) is 10. The largest absolute Gasteiger partial charge is 0.388 e. The van der Waals surface area contributed by atoms with Gasteiger partial charge in [0.05, 0.1) is 18.5 Å². The topological polar surface area (TPSA) is 113 Å². The highest BCUT2D eigenvalue weighted by atomic mass is 16.5. The number of benzene rings is 2. The molecule has 2 N–H and O–H groups in total. The molecule has 1 aliphatic heterocycles. The van der Waals surface area contributed by atoms with Gasteiger partial charge in [-0.05, 0) is 79.9 Å². The van der Waals surface area contributed by atoms with Crippen LogP contribution < -0.4 is 15.5 Å². The molecule has 0 unspecified atom stereocenters. The van der Waals surface area contributed by atoms with Crippen LogP contribution in [0.1, 0.15) is 57.1 Å². The van der Waals surface area contributed by atoms with Crippen molar-refractivity contribution in [1.29, 1.82) is 0 Å². The molecule has 11 heteroatoms. The Hall–Kier alpha value is -4.87. The summed E-state index contributed by atoms with van der Waals surface area (Å²) in [5, 5.41) is 13.8. The van der Waals surface area contributed by atoms with Crippen molar-refractivity contribution in [3.63, 3.8) is 0 Å². The molecule has 5 aromatic rings. The van der Waals surface area contributed by atoms with Gasteiger partial charge in [-0.15, -0.1) is 0 Å². The van der Waals surface area contributed by atoms with Gasteiger partial charge in [-0.3, -0.25) is 9.78 Å². The first-order valence-corrected chi connectivity index (χ1v) is 17.9. The SMILES string of the molecule is CCC1(COC)CCN(c2nc(NCc3ccccc3-c3nccc4cc(NC)ccc34)n3ncc(C(C)C)c3n2)CC1.CN(C)C/C=C/C=O. The Morgan fingerprint density at radius 3 is 2.55 bits per heavy atom. The third kappa shape index (κ3) is 8.90. The van der Waals surface area contributed by atoms with Crippen LogP contribution >= 0.6 is 0 Å². The highest BCUT2D eigenvalue weighted by Crippen LogP contribution is 2.37. The van der Waals surface area contributed by atoms with E-state index in [1.807, 2.05) is 49.0 Å². The van der Waals surface area contributed by atoms with E-state index in [-0.39, 0.29) is 5.41 Å². The zero-order valence-corrected chi connectivity index (χ0v) is 31.2. The number of allylic oxidation sites excluding steroid dienone is 1. The molecule has 6 rings (SSSR count). The van der Waals surface area contributed by atoms with Gasteiger partial charge in [0.1, 0.15) is 6.29 Å². The third-order valence-electron chi connectivity index (χ3n) is 9.76. The van der Waals surface area contributed by atoms with Gasteiger partial charge >= 0.3 is 0 Å².